The minimum absolute atomic E-state index is 0.0433. The molecule has 0 saturated carbocycles. The third kappa shape index (κ3) is 4.71. The van der Waals surface area contributed by atoms with E-state index in [1.807, 2.05) is 0 Å². The number of hydrogen-bond donors (Lipinski definition) is 2. The zero-order valence-electron chi connectivity index (χ0n) is 11.8. The van der Waals surface area contributed by atoms with Crippen LogP contribution >= 0.6 is 11.6 Å². The second-order valence-electron chi connectivity index (χ2n) is 4.89. The van der Waals surface area contributed by atoms with Gasteiger partial charge in [0.05, 0.1) is 16.3 Å². The molecule has 2 aromatic carbocycles. The maximum atomic E-state index is 12.7. The Bertz CT molecular complexity index is 689. The summed E-state index contributed by atoms with van der Waals surface area (Å²) in [6, 6.07) is 11.4. The summed E-state index contributed by atoms with van der Waals surface area (Å²) in [5.74, 6) is -0.824. The minimum Gasteiger partial charge on any atom is -0.383 e. The fourth-order valence-corrected chi connectivity index (χ4v) is 2.11. The number of carbonyl (C=O) groups is 1. The van der Waals surface area contributed by atoms with E-state index in [1.165, 1.54) is 0 Å². The zero-order chi connectivity index (χ0) is 17.0. The van der Waals surface area contributed by atoms with Crippen molar-refractivity contribution in [2.45, 2.75) is 18.7 Å². The first-order valence-corrected chi connectivity index (χ1v) is 7.05. The van der Waals surface area contributed by atoms with E-state index in [0.717, 1.165) is 23.8 Å². The predicted molar refractivity (Wildman–Crippen MR) is 81.2 cm³/mol. The Hall–Kier alpha value is -2.05. The van der Waals surface area contributed by atoms with Crippen LogP contribution in [0.15, 0.2) is 48.5 Å². The Labute approximate surface area is 135 Å². The van der Waals surface area contributed by atoms with Gasteiger partial charge >= 0.3 is 6.18 Å². The van der Waals surface area contributed by atoms with Crippen molar-refractivity contribution in [2.24, 2.45) is 0 Å². The molecule has 1 amide bonds. The molecule has 1 unspecified atom stereocenters. The van der Waals surface area contributed by atoms with Gasteiger partial charge in [-0.15, -0.1) is 0 Å². The molecule has 3 nitrogen and oxygen atoms in total. The molecule has 0 fully saturated rings. The molecule has 2 rings (SSSR count). The zero-order valence-corrected chi connectivity index (χ0v) is 12.5. The number of nitrogens with one attached hydrogen (secondary N) is 1. The van der Waals surface area contributed by atoms with E-state index >= 15 is 0 Å². The van der Waals surface area contributed by atoms with Crippen LogP contribution in [0.1, 0.15) is 11.1 Å². The first-order valence-electron chi connectivity index (χ1n) is 6.67. The van der Waals surface area contributed by atoms with Gasteiger partial charge in [0, 0.05) is 6.42 Å². The van der Waals surface area contributed by atoms with Gasteiger partial charge in [-0.3, -0.25) is 4.79 Å². The van der Waals surface area contributed by atoms with Crippen LogP contribution in [0.5, 0.6) is 0 Å². The highest BCUT2D eigenvalue weighted by atomic mass is 35.5. The van der Waals surface area contributed by atoms with E-state index in [4.69, 9.17) is 11.6 Å². The van der Waals surface area contributed by atoms with Crippen molar-refractivity contribution < 1.29 is 23.1 Å². The number of anilines is 1. The lowest BCUT2D eigenvalue weighted by molar-refractivity contribution is -0.137. The first-order chi connectivity index (χ1) is 10.8. The standard InChI is InChI=1S/C16H13ClF3NO2/c17-12-7-6-11(16(18,19)20)9-13(12)21-15(23)14(22)8-10-4-2-1-3-5-10/h1-7,9,14,22H,8H2,(H,21,23). The molecule has 0 heterocycles. The highest BCUT2D eigenvalue weighted by molar-refractivity contribution is 6.33. The first kappa shape index (κ1) is 17.3. The fourth-order valence-electron chi connectivity index (χ4n) is 1.94. The van der Waals surface area contributed by atoms with Crippen molar-refractivity contribution in [1.29, 1.82) is 0 Å². The Morgan fingerprint density at radius 2 is 1.83 bits per heavy atom. The van der Waals surface area contributed by atoms with Gasteiger partial charge < -0.3 is 10.4 Å². The van der Waals surface area contributed by atoms with Crippen LogP contribution in [0.25, 0.3) is 0 Å². The summed E-state index contributed by atoms with van der Waals surface area (Å²) in [6.07, 6.45) is -5.90. The molecule has 0 radical (unpaired) electrons. The Balaban J connectivity index is 2.10. The molecule has 7 heteroatoms. The summed E-state index contributed by atoms with van der Waals surface area (Å²) in [5.41, 5.74) is -0.404. The lowest BCUT2D eigenvalue weighted by atomic mass is 10.1. The van der Waals surface area contributed by atoms with Crippen LogP contribution in [0.2, 0.25) is 5.02 Å². The average molecular weight is 344 g/mol. The number of carbonyl (C=O) groups excluding carboxylic acids is 1. The Morgan fingerprint density at radius 1 is 1.17 bits per heavy atom. The van der Waals surface area contributed by atoms with Crippen molar-refractivity contribution >= 4 is 23.2 Å². The van der Waals surface area contributed by atoms with E-state index in [-0.39, 0.29) is 17.1 Å². The van der Waals surface area contributed by atoms with Crippen molar-refractivity contribution in [3.63, 3.8) is 0 Å². The molecule has 0 aliphatic heterocycles. The van der Waals surface area contributed by atoms with Gasteiger partial charge in [-0.05, 0) is 23.8 Å². The van der Waals surface area contributed by atoms with Crippen LogP contribution in [0, 0.1) is 0 Å². The summed E-state index contributed by atoms with van der Waals surface area (Å²) >= 11 is 5.79. The summed E-state index contributed by atoms with van der Waals surface area (Å²) < 4.78 is 38.0. The molecule has 0 aliphatic rings. The third-order valence-electron chi connectivity index (χ3n) is 3.13. The number of aliphatic hydroxyl groups excluding tert-OH is 1. The number of rotatable bonds is 4. The SMILES string of the molecule is O=C(Nc1cc(C(F)(F)F)ccc1Cl)C(O)Cc1ccccc1. The number of halogens is 4. The van der Waals surface area contributed by atoms with Crippen LogP contribution < -0.4 is 5.32 Å². The number of benzene rings is 2. The van der Waals surface area contributed by atoms with Crippen molar-refractivity contribution in [3.8, 4) is 0 Å². The van der Waals surface area contributed by atoms with Gasteiger partial charge in [-0.25, -0.2) is 0 Å². The fraction of sp³-hybridized carbons (Fsp3) is 0.188. The second-order valence-corrected chi connectivity index (χ2v) is 5.29. The summed E-state index contributed by atoms with van der Waals surface area (Å²) in [6.45, 7) is 0. The molecular weight excluding hydrogens is 331 g/mol. The summed E-state index contributed by atoms with van der Waals surface area (Å²) in [4.78, 5) is 11.9. The molecule has 0 bridgehead atoms. The highest BCUT2D eigenvalue weighted by Gasteiger charge is 2.31. The number of hydrogen-bond acceptors (Lipinski definition) is 2. The molecule has 23 heavy (non-hydrogen) atoms. The lowest BCUT2D eigenvalue weighted by Gasteiger charge is -2.14. The lowest BCUT2D eigenvalue weighted by Crippen LogP contribution is -2.29. The van der Waals surface area contributed by atoms with E-state index in [0.29, 0.717) is 0 Å². The van der Waals surface area contributed by atoms with Crippen molar-refractivity contribution in [3.05, 3.63) is 64.7 Å². The van der Waals surface area contributed by atoms with E-state index < -0.39 is 23.8 Å². The highest BCUT2D eigenvalue weighted by Crippen LogP contribution is 2.33. The normalized spacial score (nSPS) is 12.7. The third-order valence-corrected chi connectivity index (χ3v) is 3.46. The van der Waals surface area contributed by atoms with Gasteiger partial charge in [0.2, 0.25) is 0 Å². The van der Waals surface area contributed by atoms with Gasteiger partial charge in [0.15, 0.2) is 0 Å². The molecule has 0 spiro atoms. The number of alkyl halides is 3. The molecule has 1 atom stereocenters. The van der Waals surface area contributed by atoms with Crippen LogP contribution in [-0.2, 0) is 17.4 Å². The number of amides is 1. The molecule has 2 aromatic rings. The summed E-state index contributed by atoms with van der Waals surface area (Å²) in [5, 5.41) is 12.1. The smallest absolute Gasteiger partial charge is 0.383 e. The quantitative estimate of drug-likeness (QED) is 0.884. The largest absolute Gasteiger partial charge is 0.416 e. The second kappa shape index (κ2) is 7.02. The number of aliphatic hydroxyl groups is 1. The maximum absolute atomic E-state index is 12.7. The van der Waals surface area contributed by atoms with E-state index in [1.54, 1.807) is 30.3 Å². The average Bonchev–Trinajstić information content (AvgIpc) is 2.49. The van der Waals surface area contributed by atoms with E-state index in [2.05, 4.69) is 5.32 Å². The monoisotopic (exact) mass is 343 g/mol. The van der Waals surface area contributed by atoms with Crippen LogP contribution in [0.4, 0.5) is 18.9 Å². The van der Waals surface area contributed by atoms with Crippen molar-refractivity contribution in [1.82, 2.24) is 0 Å². The van der Waals surface area contributed by atoms with Gasteiger partial charge in [0.1, 0.15) is 6.10 Å². The van der Waals surface area contributed by atoms with Gasteiger partial charge in [-0.2, -0.15) is 13.2 Å². The molecule has 0 saturated heterocycles. The molecular formula is C16H13ClF3NO2. The minimum atomic E-state index is -4.55. The van der Waals surface area contributed by atoms with Crippen molar-refractivity contribution in [2.75, 3.05) is 5.32 Å². The molecule has 122 valence electrons. The Morgan fingerprint density at radius 3 is 2.43 bits per heavy atom. The molecule has 0 aliphatic carbocycles. The van der Waals surface area contributed by atoms with Gasteiger partial charge in [-0.1, -0.05) is 41.9 Å². The van der Waals surface area contributed by atoms with E-state index in [9.17, 15) is 23.1 Å². The molecule has 2 N–H and O–H groups in total. The van der Waals surface area contributed by atoms with Crippen LogP contribution in [0.3, 0.4) is 0 Å². The Kier molecular flexibility index (Phi) is 5.28. The van der Waals surface area contributed by atoms with Crippen LogP contribution in [-0.4, -0.2) is 17.1 Å². The topological polar surface area (TPSA) is 49.3 Å². The summed E-state index contributed by atoms with van der Waals surface area (Å²) in [7, 11) is 0. The molecule has 0 aromatic heterocycles. The van der Waals surface area contributed by atoms with Gasteiger partial charge in [0.25, 0.3) is 5.91 Å². The maximum Gasteiger partial charge on any atom is 0.416 e. The predicted octanol–water partition coefficient (Wildman–Crippen LogP) is 3.90.